The lowest BCUT2D eigenvalue weighted by atomic mass is 10.1. The lowest BCUT2D eigenvalue weighted by Gasteiger charge is -2.06. The summed E-state index contributed by atoms with van der Waals surface area (Å²) in [7, 11) is 0. The first-order chi connectivity index (χ1) is 9.34. The lowest BCUT2D eigenvalue weighted by molar-refractivity contribution is 0.0949. The van der Waals surface area contributed by atoms with Crippen LogP contribution in [0.15, 0.2) is 59.3 Å². The van der Waals surface area contributed by atoms with Crippen molar-refractivity contribution in [1.29, 1.82) is 0 Å². The van der Waals surface area contributed by atoms with Crippen molar-refractivity contribution in [1.82, 2.24) is 10.3 Å². The molecule has 1 N–H and O–H groups in total. The summed E-state index contributed by atoms with van der Waals surface area (Å²) >= 11 is 0. The minimum absolute atomic E-state index is 0.152. The molecule has 1 amide bonds. The molecule has 0 spiro atoms. The number of hydrogen-bond donors (Lipinski definition) is 1. The van der Waals surface area contributed by atoms with Crippen molar-refractivity contribution in [2.75, 3.05) is 0 Å². The van der Waals surface area contributed by atoms with Gasteiger partial charge in [0, 0.05) is 11.6 Å². The predicted molar refractivity (Wildman–Crippen MR) is 71.6 cm³/mol. The number of rotatable bonds is 3. The zero-order valence-electron chi connectivity index (χ0n) is 10.2. The highest BCUT2D eigenvalue weighted by Crippen LogP contribution is 2.15. The Labute approximate surface area is 110 Å². The molecule has 0 aliphatic heterocycles. The fourth-order valence-corrected chi connectivity index (χ4v) is 1.96. The largest absolute Gasteiger partial charge is 0.467 e. The second-order valence-corrected chi connectivity index (χ2v) is 4.14. The van der Waals surface area contributed by atoms with Crippen LogP contribution in [0.2, 0.25) is 0 Å². The van der Waals surface area contributed by atoms with Gasteiger partial charge in [0.2, 0.25) is 0 Å². The maximum absolute atomic E-state index is 12.2. The number of amides is 1. The Morgan fingerprint density at radius 1 is 1.16 bits per heavy atom. The van der Waals surface area contributed by atoms with Gasteiger partial charge in [0.15, 0.2) is 0 Å². The van der Waals surface area contributed by atoms with Gasteiger partial charge in [0.25, 0.3) is 5.91 Å². The van der Waals surface area contributed by atoms with Crippen molar-refractivity contribution in [3.05, 3.63) is 66.2 Å². The van der Waals surface area contributed by atoms with Gasteiger partial charge < -0.3 is 9.73 Å². The maximum atomic E-state index is 12.2. The summed E-state index contributed by atoms with van der Waals surface area (Å²) in [5, 5.41) is 3.77. The van der Waals surface area contributed by atoms with Crippen molar-refractivity contribution in [2.24, 2.45) is 0 Å². The SMILES string of the molecule is O=C(NCc1ccco1)c1cccc2cccnc12. The van der Waals surface area contributed by atoms with Crippen LogP contribution in [0.3, 0.4) is 0 Å². The van der Waals surface area contributed by atoms with Crippen molar-refractivity contribution in [3.8, 4) is 0 Å². The molecule has 94 valence electrons. The molecule has 3 aromatic rings. The molecule has 0 bridgehead atoms. The van der Waals surface area contributed by atoms with Gasteiger partial charge in [-0.2, -0.15) is 0 Å². The number of hydrogen-bond acceptors (Lipinski definition) is 3. The van der Waals surface area contributed by atoms with Crippen LogP contribution in [0.4, 0.5) is 0 Å². The monoisotopic (exact) mass is 252 g/mol. The Kier molecular flexibility index (Phi) is 2.98. The number of carbonyl (C=O) groups is 1. The number of furan rings is 1. The Balaban J connectivity index is 1.85. The first-order valence-electron chi connectivity index (χ1n) is 5.99. The van der Waals surface area contributed by atoms with E-state index in [1.54, 1.807) is 24.6 Å². The number of pyridine rings is 1. The molecule has 19 heavy (non-hydrogen) atoms. The van der Waals surface area contributed by atoms with Crippen LogP contribution in [0.1, 0.15) is 16.1 Å². The zero-order chi connectivity index (χ0) is 13.1. The van der Waals surface area contributed by atoms with Crippen molar-refractivity contribution < 1.29 is 9.21 Å². The predicted octanol–water partition coefficient (Wildman–Crippen LogP) is 2.76. The number of carbonyl (C=O) groups excluding carboxylic acids is 1. The van der Waals surface area contributed by atoms with Crippen molar-refractivity contribution in [2.45, 2.75) is 6.54 Å². The van der Waals surface area contributed by atoms with E-state index in [4.69, 9.17) is 4.42 Å². The van der Waals surface area contributed by atoms with Crippen LogP contribution >= 0.6 is 0 Å². The van der Waals surface area contributed by atoms with E-state index in [-0.39, 0.29) is 5.91 Å². The quantitative estimate of drug-likeness (QED) is 0.779. The second kappa shape index (κ2) is 4.94. The molecule has 1 aromatic carbocycles. The highest BCUT2D eigenvalue weighted by Gasteiger charge is 2.10. The summed E-state index contributed by atoms with van der Waals surface area (Å²) in [5.41, 5.74) is 1.28. The molecule has 2 heterocycles. The molecule has 0 fully saturated rings. The molecule has 0 aliphatic carbocycles. The maximum Gasteiger partial charge on any atom is 0.253 e. The van der Waals surface area contributed by atoms with Crippen LogP contribution in [0, 0.1) is 0 Å². The lowest BCUT2D eigenvalue weighted by Crippen LogP contribution is -2.22. The summed E-state index contributed by atoms with van der Waals surface area (Å²) in [4.78, 5) is 16.4. The zero-order valence-corrected chi connectivity index (χ0v) is 10.2. The number of fused-ring (bicyclic) bond motifs is 1. The average molecular weight is 252 g/mol. The molecule has 0 aliphatic rings. The smallest absolute Gasteiger partial charge is 0.253 e. The van der Waals surface area contributed by atoms with Crippen LogP contribution in [-0.2, 0) is 6.54 Å². The molecule has 4 heteroatoms. The normalized spacial score (nSPS) is 10.5. The van der Waals surface area contributed by atoms with E-state index in [9.17, 15) is 4.79 Å². The van der Waals surface area contributed by atoms with Crippen molar-refractivity contribution >= 4 is 16.8 Å². The van der Waals surface area contributed by atoms with Gasteiger partial charge >= 0.3 is 0 Å². The Morgan fingerprint density at radius 3 is 2.89 bits per heavy atom. The number of aromatic nitrogens is 1. The van der Waals surface area contributed by atoms with Gasteiger partial charge in [-0.3, -0.25) is 9.78 Å². The standard InChI is InChI=1S/C15H12N2O2/c18-15(17-10-12-6-3-9-19-12)13-7-1-4-11-5-2-8-16-14(11)13/h1-9H,10H2,(H,17,18). The first-order valence-corrected chi connectivity index (χ1v) is 5.99. The fraction of sp³-hybridized carbons (Fsp3) is 0.0667. The number of nitrogens with zero attached hydrogens (tertiary/aromatic N) is 1. The fourth-order valence-electron chi connectivity index (χ4n) is 1.96. The van der Waals surface area contributed by atoms with E-state index in [2.05, 4.69) is 10.3 Å². The van der Waals surface area contributed by atoms with E-state index in [0.717, 1.165) is 11.1 Å². The number of nitrogens with one attached hydrogen (secondary N) is 1. The summed E-state index contributed by atoms with van der Waals surface area (Å²) < 4.78 is 5.18. The summed E-state index contributed by atoms with van der Waals surface area (Å²) in [6.07, 6.45) is 3.27. The van der Waals surface area contributed by atoms with Gasteiger partial charge in [-0.15, -0.1) is 0 Å². The molecular weight excluding hydrogens is 240 g/mol. The summed E-state index contributed by atoms with van der Waals surface area (Å²) in [6.45, 7) is 0.370. The molecule has 0 radical (unpaired) electrons. The van der Waals surface area contributed by atoms with Crippen molar-refractivity contribution in [3.63, 3.8) is 0 Å². The van der Waals surface area contributed by atoms with E-state index in [1.165, 1.54) is 0 Å². The topological polar surface area (TPSA) is 55.1 Å². The molecule has 2 aromatic heterocycles. The number of para-hydroxylation sites is 1. The third kappa shape index (κ3) is 2.33. The van der Waals surface area contributed by atoms with Gasteiger partial charge in [0.05, 0.1) is 23.9 Å². The minimum atomic E-state index is -0.152. The first kappa shape index (κ1) is 11.5. The second-order valence-electron chi connectivity index (χ2n) is 4.14. The van der Waals surface area contributed by atoms with E-state index >= 15 is 0 Å². The molecule has 4 nitrogen and oxygen atoms in total. The van der Waals surface area contributed by atoms with Crippen LogP contribution < -0.4 is 5.32 Å². The highest BCUT2D eigenvalue weighted by molar-refractivity contribution is 6.05. The van der Waals surface area contributed by atoms with Gasteiger partial charge in [0.1, 0.15) is 5.76 Å². The van der Waals surface area contributed by atoms with Gasteiger partial charge in [-0.05, 0) is 24.3 Å². The third-order valence-corrected chi connectivity index (χ3v) is 2.88. The van der Waals surface area contributed by atoms with Gasteiger partial charge in [-0.1, -0.05) is 18.2 Å². The molecule has 0 atom stereocenters. The van der Waals surface area contributed by atoms with Gasteiger partial charge in [-0.25, -0.2) is 0 Å². The van der Waals surface area contributed by atoms with E-state index < -0.39 is 0 Å². The Morgan fingerprint density at radius 2 is 2.05 bits per heavy atom. The molecule has 0 saturated carbocycles. The highest BCUT2D eigenvalue weighted by atomic mass is 16.3. The third-order valence-electron chi connectivity index (χ3n) is 2.88. The molecule has 0 saturated heterocycles. The Hall–Kier alpha value is -2.62. The van der Waals surface area contributed by atoms with E-state index in [1.807, 2.05) is 30.3 Å². The summed E-state index contributed by atoms with van der Waals surface area (Å²) in [6, 6.07) is 13.0. The number of benzene rings is 1. The average Bonchev–Trinajstić information content (AvgIpc) is 2.97. The molecule has 3 rings (SSSR count). The minimum Gasteiger partial charge on any atom is -0.467 e. The molecule has 0 unspecified atom stereocenters. The Bertz CT molecular complexity index is 700. The summed E-state index contributed by atoms with van der Waals surface area (Å²) in [5.74, 6) is 0.572. The van der Waals surface area contributed by atoms with E-state index in [0.29, 0.717) is 17.6 Å². The van der Waals surface area contributed by atoms with Crippen LogP contribution in [0.25, 0.3) is 10.9 Å². The van der Waals surface area contributed by atoms with Crippen LogP contribution in [0.5, 0.6) is 0 Å². The van der Waals surface area contributed by atoms with Crippen LogP contribution in [-0.4, -0.2) is 10.9 Å². The molecular formula is C15H12N2O2.